The van der Waals surface area contributed by atoms with Crippen molar-refractivity contribution in [2.75, 3.05) is 0 Å². The number of pyridine rings is 1. The van der Waals surface area contributed by atoms with Crippen molar-refractivity contribution >= 4 is 5.97 Å². The first-order valence-electron chi connectivity index (χ1n) is 7.71. The molecule has 0 saturated heterocycles. The maximum atomic E-state index is 11.9. The summed E-state index contributed by atoms with van der Waals surface area (Å²) in [4.78, 5) is 23.5. The number of carbonyl (C=O) groups excluding carboxylic acids is 1. The summed E-state index contributed by atoms with van der Waals surface area (Å²) in [7, 11) is 0. The highest BCUT2D eigenvalue weighted by atomic mass is 16.5. The van der Waals surface area contributed by atoms with Crippen LogP contribution in [0, 0.1) is 11.3 Å². The molecule has 1 aliphatic rings. The lowest BCUT2D eigenvalue weighted by atomic mass is 9.72. The quantitative estimate of drug-likeness (QED) is 0.804. The van der Waals surface area contributed by atoms with Crippen LogP contribution in [0.3, 0.4) is 0 Å². The normalized spacial score (nSPS) is 22.8. The van der Waals surface area contributed by atoms with Gasteiger partial charge in [0.05, 0.1) is 0 Å². The first-order valence-corrected chi connectivity index (χ1v) is 7.71. The van der Waals surface area contributed by atoms with Gasteiger partial charge in [0, 0.05) is 12.3 Å². The Bertz CT molecular complexity index is 533. The molecule has 0 bridgehead atoms. The number of rotatable bonds is 3. The second-order valence-corrected chi connectivity index (χ2v) is 7.00. The number of ether oxygens (including phenoxy) is 1. The lowest BCUT2D eigenvalue weighted by molar-refractivity contribution is -0.152. The Labute approximate surface area is 126 Å². The van der Waals surface area contributed by atoms with Crippen LogP contribution in [0.4, 0.5) is 0 Å². The highest BCUT2D eigenvalue weighted by Gasteiger charge is 2.31. The van der Waals surface area contributed by atoms with Gasteiger partial charge >= 0.3 is 5.97 Å². The van der Waals surface area contributed by atoms with Gasteiger partial charge in [-0.15, -0.1) is 0 Å². The molecular formula is C17H25NO3. The summed E-state index contributed by atoms with van der Waals surface area (Å²) in [6, 6.07) is 4.85. The third kappa shape index (κ3) is 4.45. The number of aromatic nitrogens is 1. The van der Waals surface area contributed by atoms with Gasteiger partial charge in [0.1, 0.15) is 12.6 Å². The molecule has 21 heavy (non-hydrogen) atoms. The second-order valence-electron chi connectivity index (χ2n) is 7.00. The molecule has 0 amide bonds. The lowest BCUT2D eigenvalue weighted by Gasteiger charge is -2.36. The van der Waals surface area contributed by atoms with Crippen molar-refractivity contribution in [3.8, 4) is 0 Å². The van der Waals surface area contributed by atoms with E-state index in [0.717, 1.165) is 25.7 Å². The number of esters is 1. The number of carbonyl (C=O) groups is 1. The number of hydrogen-bond donors (Lipinski definition) is 0. The van der Waals surface area contributed by atoms with Crippen molar-refractivity contribution in [2.24, 2.45) is 11.3 Å². The van der Waals surface area contributed by atoms with Gasteiger partial charge < -0.3 is 9.30 Å². The largest absolute Gasteiger partial charge is 0.461 e. The average molecular weight is 291 g/mol. The maximum Gasteiger partial charge on any atom is 0.326 e. The summed E-state index contributed by atoms with van der Waals surface area (Å²) in [5, 5.41) is 0. The van der Waals surface area contributed by atoms with Gasteiger partial charge in [0.2, 0.25) is 0 Å². The minimum absolute atomic E-state index is 0.00112. The number of hydrogen-bond acceptors (Lipinski definition) is 3. The molecule has 0 aliphatic heterocycles. The lowest BCUT2D eigenvalue weighted by Crippen LogP contribution is -2.32. The van der Waals surface area contributed by atoms with Crippen molar-refractivity contribution in [1.82, 2.24) is 4.57 Å². The molecule has 4 heteroatoms. The van der Waals surface area contributed by atoms with E-state index < -0.39 is 0 Å². The first kappa shape index (κ1) is 15.8. The Kier molecular flexibility index (Phi) is 4.86. The van der Waals surface area contributed by atoms with Gasteiger partial charge in [-0.1, -0.05) is 26.8 Å². The van der Waals surface area contributed by atoms with Crippen LogP contribution >= 0.6 is 0 Å². The minimum atomic E-state index is -0.317. The topological polar surface area (TPSA) is 48.3 Å². The van der Waals surface area contributed by atoms with E-state index in [0.29, 0.717) is 11.3 Å². The molecule has 0 spiro atoms. The van der Waals surface area contributed by atoms with E-state index in [-0.39, 0.29) is 24.2 Å². The van der Waals surface area contributed by atoms with Crippen LogP contribution in [0.1, 0.15) is 46.5 Å². The summed E-state index contributed by atoms with van der Waals surface area (Å²) >= 11 is 0. The van der Waals surface area contributed by atoms with Crippen molar-refractivity contribution in [2.45, 2.75) is 59.1 Å². The Morgan fingerprint density at radius 3 is 2.48 bits per heavy atom. The molecule has 0 radical (unpaired) electrons. The second kappa shape index (κ2) is 6.46. The maximum absolute atomic E-state index is 11.9. The molecule has 1 fully saturated rings. The molecule has 1 heterocycles. The molecular weight excluding hydrogens is 266 g/mol. The zero-order valence-electron chi connectivity index (χ0n) is 13.2. The van der Waals surface area contributed by atoms with E-state index in [4.69, 9.17) is 4.74 Å². The standard InChI is InChI=1S/C17H25NO3/c1-17(2,3)13-7-9-14(10-8-13)21-16(20)12-18-11-5-4-6-15(18)19/h4-6,11,13-14H,7-10,12H2,1-3H3. The Hall–Kier alpha value is -1.58. The zero-order chi connectivity index (χ0) is 15.5. The third-order valence-electron chi connectivity index (χ3n) is 4.40. The van der Waals surface area contributed by atoms with E-state index in [1.54, 1.807) is 18.3 Å². The van der Waals surface area contributed by atoms with E-state index in [1.165, 1.54) is 10.6 Å². The molecule has 1 saturated carbocycles. The van der Waals surface area contributed by atoms with Crippen LogP contribution in [-0.2, 0) is 16.1 Å². The highest BCUT2D eigenvalue weighted by molar-refractivity contribution is 5.69. The number of nitrogens with zero attached hydrogens (tertiary/aromatic N) is 1. The molecule has 0 N–H and O–H groups in total. The van der Waals surface area contributed by atoms with Crippen molar-refractivity contribution < 1.29 is 9.53 Å². The summed E-state index contributed by atoms with van der Waals surface area (Å²) < 4.78 is 6.89. The molecule has 4 nitrogen and oxygen atoms in total. The molecule has 1 aromatic rings. The molecule has 0 unspecified atom stereocenters. The third-order valence-corrected chi connectivity index (χ3v) is 4.40. The van der Waals surface area contributed by atoms with Gasteiger partial charge in [-0.2, -0.15) is 0 Å². The van der Waals surface area contributed by atoms with E-state index in [1.807, 2.05) is 0 Å². The molecule has 1 aromatic heterocycles. The van der Waals surface area contributed by atoms with Gasteiger partial charge in [-0.25, -0.2) is 0 Å². The Morgan fingerprint density at radius 2 is 1.90 bits per heavy atom. The smallest absolute Gasteiger partial charge is 0.326 e. The van der Waals surface area contributed by atoms with Crippen LogP contribution < -0.4 is 5.56 Å². The predicted octanol–water partition coefficient (Wildman–Crippen LogP) is 3.00. The van der Waals surface area contributed by atoms with Crippen LogP contribution in [0.5, 0.6) is 0 Å². The highest BCUT2D eigenvalue weighted by Crippen LogP contribution is 2.38. The monoisotopic (exact) mass is 291 g/mol. The van der Waals surface area contributed by atoms with Gasteiger partial charge in [0.15, 0.2) is 0 Å². The Balaban J connectivity index is 1.83. The molecule has 0 atom stereocenters. The van der Waals surface area contributed by atoms with Gasteiger partial charge in [0.25, 0.3) is 5.56 Å². The SMILES string of the molecule is CC(C)(C)C1CCC(OC(=O)Cn2ccccc2=O)CC1. The molecule has 2 rings (SSSR count). The summed E-state index contributed by atoms with van der Waals surface area (Å²) in [5.74, 6) is 0.381. The van der Waals surface area contributed by atoms with Crippen molar-refractivity contribution in [3.05, 3.63) is 34.7 Å². The van der Waals surface area contributed by atoms with Crippen LogP contribution in [-0.4, -0.2) is 16.6 Å². The summed E-state index contributed by atoms with van der Waals surface area (Å²) in [5.41, 5.74) is 0.151. The predicted molar refractivity (Wildman–Crippen MR) is 82.0 cm³/mol. The van der Waals surface area contributed by atoms with Gasteiger partial charge in [-0.3, -0.25) is 9.59 Å². The fourth-order valence-electron chi connectivity index (χ4n) is 3.00. The Morgan fingerprint density at radius 1 is 1.24 bits per heavy atom. The minimum Gasteiger partial charge on any atom is -0.461 e. The van der Waals surface area contributed by atoms with Gasteiger partial charge in [-0.05, 0) is 43.1 Å². The summed E-state index contributed by atoms with van der Waals surface area (Å²) in [6.07, 6.45) is 5.68. The first-order chi connectivity index (χ1) is 9.86. The van der Waals surface area contributed by atoms with Crippen LogP contribution in [0.2, 0.25) is 0 Å². The van der Waals surface area contributed by atoms with E-state index >= 15 is 0 Å². The molecule has 1 aliphatic carbocycles. The zero-order valence-corrected chi connectivity index (χ0v) is 13.2. The summed E-state index contributed by atoms with van der Waals surface area (Å²) in [6.45, 7) is 6.81. The van der Waals surface area contributed by atoms with E-state index in [9.17, 15) is 9.59 Å². The van der Waals surface area contributed by atoms with Crippen LogP contribution in [0.25, 0.3) is 0 Å². The molecule has 116 valence electrons. The van der Waals surface area contributed by atoms with Crippen molar-refractivity contribution in [1.29, 1.82) is 0 Å². The fourth-order valence-corrected chi connectivity index (χ4v) is 3.00. The molecule has 0 aromatic carbocycles. The van der Waals surface area contributed by atoms with Crippen LogP contribution in [0.15, 0.2) is 29.2 Å². The fraction of sp³-hybridized carbons (Fsp3) is 0.647. The van der Waals surface area contributed by atoms with Crippen molar-refractivity contribution in [3.63, 3.8) is 0 Å². The average Bonchev–Trinajstić information content (AvgIpc) is 2.41. The van der Waals surface area contributed by atoms with E-state index in [2.05, 4.69) is 20.8 Å².